The molecule has 5 heterocycles. The number of sulfone groups is 1. The lowest BCUT2D eigenvalue weighted by Gasteiger charge is -2.35. The number of nitrogen functional groups attached to an aromatic ring is 1. The van der Waals surface area contributed by atoms with E-state index in [2.05, 4.69) is 24.8 Å². The lowest BCUT2D eigenvalue weighted by atomic mass is 10.2. The molecule has 0 bridgehead atoms. The van der Waals surface area contributed by atoms with E-state index in [1.807, 2.05) is 11.4 Å². The van der Waals surface area contributed by atoms with Crippen molar-refractivity contribution in [2.75, 3.05) is 56.2 Å². The number of aromatic nitrogens is 4. The molecule has 2 fully saturated rings. The Labute approximate surface area is 190 Å². The first kappa shape index (κ1) is 21.4. The second-order valence-corrected chi connectivity index (χ2v) is 11.5. The predicted molar refractivity (Wildman–Crippen MR) is 124 cm³/mol. The third-order valence-electron chi connectivity index (χ3n) is 5.97. The zero-order valence-corrected chi connectivity index (χ0v) is 19.3. The van der Waals surface area contributed by atoms with E-state index >= 15 is 0 Å². The molecule has 0 spiro atoms. The van der Waals surface area contributed by atoms with Crippen LogP contribution in [0, 0.1) is 0 Å². The molecular weight excluding hydrogens is 450 g/mol. The van der Waals surface area contributed by atoms with Gasteiger partial charge in [-0.15, -0.1) is 11.3 Å². The molecule has 170 valence electrons. The first-order valence-corrected chi connectivity index (χ1v) is 13.3. The average molecular weight is 476 g/mol. The van der Waals surface area contributed by atoms with Gasteiger partial charge in [0, 0.05) is 44.8 Å². The summed E-state index contributed by atoms with van der Waals surface area (Å²) < 4.78 is 29.8. The molecule has 0 amide bonds. The van der Waals surface area contributed by atoms with Gasteiger partial charge in [-0.1, -0.05) is 0 Å². The van der Waals surface area contributed by atoms with Gasteiger partial charge in [-0.25, -0.2) is 28.4 Å². The van der Waals surface area contributed by atoms with Gasteiger partial charge < -0.3 is 15.4 Å². The maximum atomic E-state index is 11.9. The smallest absolute Gasteiger partial charge is 0.219 e. The van der Waals surface area contributed by atoms with Crippen molar-refractivity contribution in [3.05, 3.63) is 23.8 Å². The number of rotatable bonds is 5. The van der Waals surface area contributed by atoms with Crippen LogP contribution in [0.1, 0.15) is 6.42 Å². The molecule has 3 aromatic heterocycles. The Morgan fingerprint density at radius 1 is 1.22 bits per heavy atom. The Hall–Kier alpha value is -2.41. The fourth-order valence-electron chi connectivity index (χ4n) is 4.29. The van der Waals surface area contributed by atoms with Crippen LogP contribution in [-0.2, 0) is 14.6 Å². The Bertz CT molecular complexity index is 1220. The highest BCUT2D eigenvalue weighted by molar-refractivity contribution is 7.91. The molecule has 0 aromatic carbocycles. The summed E-state index contributed by atoms with van der Waals surface area (Å²) in [4.78, 5) is 23.0. The van der Waals surface area contributed by atoms with Crippen LogP contribution < -0.4 is 10.6 Å². The highest BCUT2D eigenvalue weighted by Gasteiger charge is 2.33. The fraction of sp³-hybridized carbons (Fsp3) is 0.500. The van der Waals surface area contributed by atoms with Crippen LogP contribution in [0.15, 0.2) is 23.8 Å². The van der Waals surface area contributed by atoms with Crippen LogP contribution in [0.5, 0.6) is 0 Å². The van der Waals surface area contributed by atoms with Crippen LogP contribution in [0.2, 0.25) is 0 Å². The first-order chi connectivity index (χ1) is 15.4. The van der Waals surface area contributed by atoms with Gasteiger partial charge in [-0.2, -0.15) is 0 Å². The van der Waals surface area contributed by atoms with E-state index in [1.165, 1.54) is 6.26 Å². The summed E-state index contributed by atoms with van der Waals surface area (Å²) in [6, 6.07) is 2.04. The summed E-state index contributed by atoms with van der Waals surface area (Å²) in [6.07, 6.45) is 5.26. The largest absolute Gasteiger partial charge is 0.373 e. The molecule has 5 rings (SSSR count). The maximum Gasteiger partial charge on any atom is 0.219 e. The summed E-state index contributed by atoms with van der Waals surface area (Å²) in [6.45, 7) is 4.05. The van der Waals surface area contributed by atoms with Crippen molar-refractivity contribution in [2.24, 2.45) is 0 Å². The Morgan fingerprint density at radius 3 is 2.78 bits per heavy atom. The quantitative estimate of drug-likeness (QED) is 0.572. The topological polar surface area (TPSA) is 127 Å². The number of nitrogens with zero attached hydrogens (tertiary/aromatic N) is 6. The number of anilines is 2. The third-order valence-corrected chi connectivity index (χ3v) is 8.37. The van der Waals surface area contributed by atoms with E-state index in [1.54, 1.807) is 23.7 Å². The van der Waals surface area contributed by atoms with Crippen molar-refractivity contribution in [3.8, 4) is 11.4 Å². The van der Waals surface area contributed by atoms with Gasteiger partial charge in [0.1, 0.15) is 10.6 Å². The highest BCUT2D eigenvalue weighted by Crippen LogP contribution is 2.31. The van der Waals surface area contributed by atoms with E-state index in [0.29, 0.717) is 44.0 Å². The molecule has 0 radical (unpaired) electrons. The zero-order valence-electron chi connectivity index (χ0n) is 17.7. The van der Waals surface area contributed by atoms with Gasteiger partial charge in [0.2, 0.25) is 5.95 Å². The number of nitrogens with two attached hydrogens (primary N) is 1. The summed E-state index contributed by atoms with van der Waals surface area (Å²) in [5.74, 6) is 1.64. The first-order valence-electron chi connectivity index (χ1n) is 10.5. The number of fused-ring (bicyclic) bond motifs is 1. The van der Waals surface area contributed by atoms with Gasteiger partial charge in [0.25, 0.3) is 0 Å². The third kappa shape index (κ3) is 4.40. The second-order valence-electron chi connectivity index (χ2n) is 8.28. The highest BCUT2D eigenvalue weighted by atomic mass is 32.2. The number of hydrogen-bond donors (Lipinski definition) is 1. The van der Waals surface area contributed by atoms with E-state index in [-0.39, 0.29) is 17.3 Å². The lowest BCUT2D eigenvalue weighted by Crippen LogP contribution is -2.48. The maximum absolute atomic E-state index is 11.9. The number of morpholine rings is 1. The molecule has 2 aliphatic heterocycles. The Morgan fingerprint density at radius 2 is 2.03 bits per heavy atom. The van der Waals surface area contributed by atoms with Gasteiger partial charge in [0.15, 0.2) is 15.7 Å². The standard InChI is InChI=1S/C20H25N7O3S2/c1-32(28,29)15-2-4-26(12-15)10-14-11-27(5-6-30-14)18-16-3-7-31-19(16)25-17(24-18)13-8-22-20(21)23-9-13/h3,7-9,14-15H,2,4-6,10-12H2,1H3,(H2,21,22,23). The second kappa shape index (κ2) is 8.50. The number of likely N-dealkylation sites (tertiary alicyclic amines) is 1. The molecule has 2 aliphatic rings. The van der Waals surface area contributed by atoms with Crippen molar-refractivity contribution in [3.63, 3.8) is 0 Å². The van der Waals surface area contributed by atoms with Gasteiger partial charge in [0.05, 0.1) is 28.9 Å². The molecule has 12 heteroatoms. The van der Waals surface area contributed by atoms with Crippen molar-refractivity contribution in [1.82, 2.24) is 24.8 Å². The van der Waals surface area contributed by atoms with Crippen molar-refractivity contribution in [2.45, 2.75) is 17.8 Å². The Balaban J connectivity index is 1.37. The number of ether oxygens (including phenoxy) is 1. The summed E-state index contributed by atoms with van der Waals surface area (Å²) in [5.41, 5.74) is 6.33. The van der Waals surface area contributed by atoms with E-state index < -0.39 is 9.84 Å². The molecule has 2 saturated heterocycles. The summed E-state index contributed by atoms with van der Waals surface area (Å²) in [7, 11) is -3.01. The van der Waals surface area contributed by atoms with Gasteiger partial charge in [-0.3, -0.25) is 4.90 Å². The monoisotopic (exact) mass is 475 g/mol. The minimum Gasteiger partial charge on any atom is -0.373 e. The molecular formula is C20H25N7O3S2. The molecule has 32 heavy (non-hydrogen) atoms. The molecule has 3 aromatic rings. The summed E-state index contributed by atoms with van der Waals surface area (Å²) in [5, 5.41) is 2.74. The van der Waals surface area contributed by atoms with E-state index in [4.69, 9.17) is 15.5 Å². The fourth-order valence-corrected chi connectivity index (χ4v) is 6.06. The minimum atomic E-state index is -3.01. The molecule has 2 atom stereocenters. The molecule has 2 unspecified atom stereocenters. The average Bonchev–Trinajstić information content (AvgIpc) is 3.43. The van der Waals surface area contributed by atoms with Crippen LogP contribution in [0.25, 0.3) is 21.6 Å². The number of thiophene rings is 1. The van der Waals surface area contributed by atoms with Crippen molar-refractivity contribution < 1.29 is 13.2 Å². The van der Waals surface area contributed by atoms with E-state index in [0.717, 1.165) is 29.1 Å². The SMILES string of the molecule is CS(=O)(=O)C1CCN(CC2CN(c3nc(-c4cnc(N)nc4)nc4sccc34)CCO2)C1. The number of hydrogen-bond acceptors (Lipinski definition) is 11. The molecule has 0 saturated carbocycles. The molecule has 2 N–H and O–H groups in total. The summed E-state index contributed by atoms with van der Waals surface area (Å²) >= 11 is 1.57. The zero-order chi connectivity index (χ0) is 22.3. The van der Waals surface area contributed by atoms with Crippen LogP contribution in [0.4, 0.5) is 11.8 Å². The van der Waals surface area contributed by atoms with Gasteiger partial charge in [-0.05, 0) is 24.4 Å². The minimum absolute atomic E-state index is 0.0194. The lowest BCUT2D eigenvalue weighted by molar-refractivity contribution is 0.0201. The normalized spacial score (nSPS) is 22.6. The van der Waals surface area contributed by atoms with Crippen LogP contribution in [0.3, 0.4) is 0 Å². The van der Waals surface area contributed by atoms with Crippen molar-refractivity contribution >= 4 is 43.2 Å². The van der Waals surface area contributed by atoms with Crippen LogP contribution >= 0.6 is 11.3 Å². The van der Waals surface area contributed by atoms with Crippen molar-refractivity contribution in [1.29, 1.82) is 0 Å². The molecule has 0 aliphatic carbocycles. The Kier molecular flexibility index (Phi) is 5.70. The predicted octanol–water partition coefficient (Wildman–Crippen LogP) is 1.05. The van der Waals surface area contributed by atoms with Gasteiger partial charge >= 0.3 is 0 Å². The molecule has 10 nitrogen and oxygen atoms in total. The van der Waals surface area contributed by atoms with E-state index in [9.17, 15) is 8.42 Å². The van der Waals surface area contributed by atoms with Crippen LogP contribution in [-0.4, -0.2) is 90.2 Å².